The van der Waals surface area contributed by atoms with Crippen LogP contribution in [0.5, 0.6) is 0 Å². The Labute approximate surface area is 342 Å². The molecule has 0 aromatic carbocycles. The van der Waals surface area contributed by atoms with E-state index in [1.807, 2.05) is 0 Å². The van der Waals surface area contributed by atoms with Crippen molar-refractivity contribution in [1.82, 2.24) is 0 Å². The summed E-state index contributed by atoms with van der Waals surface area (Å²) in [6, 6.07) is 0. The van der Waals surface area contributed by atoms with Gasteiger partial charge in [-0.3, -0.25) is 4.79 Å². The fourth-order valence-electron chi connectivity index (χ4n) is 6.91. The first-order valence-corrected chi connectivity index (χ1v) is 23.1. The van der Waals surface area contributed by atoms with Crippen LogP contribution in [0.4, 0.5) is 0 Å². The van der Waals surface area contributed by atoms with Crippen molar-refractivity contribution in [1.29, 1.82) is 0 Å². The number of rotatable bonds is 39. The summed E-state index contributed by atoms with van der Waals surface area (Å²) in [4.78, 5) is 12.7. The third kappa shape index (κ3) is 29.6. The number of hydrogen-bond donors (Lipinski definition) is 4. The summed E-state index contributed by atoms with van der Waals surface area (Å²) < 4.78 is 22.8. The molecule has 9 heteroatoms. The van der Waals surface area contributed by atoms with Gasteiger partial charge in [0.1, 0.15) is 30.5 Å². The molecule has 0 aliphatic carbocycles. The van der Waals surface area contributed by atoms with E-state index in [1.165, 1.54) is 128 Å². The molecule has 0 spiro atoms. The summed E-state index contributed by atoms with van der Waals surface area (Å²) >= 11 is 0. The normalized spacial score (nSPS) is 20.9. The predicted octanol–water partition coefficient (Wildman–Crippen LogP) is 10.4. The first-order valence-electron chi connectivity index (χ1n) is 23.1. The molecule has 0 radical (unpaired) electrons. The van der Waals surface area contributed by atoms with Gasteiger partial charge in [-0.2, -0.15) is 0 Å². The first kappa shape index (κ1) is 52.4. The monoisotopic (exact) mass is 795 g/mol. The zero-order valence-electron chi connectivity index (χ0n) is 35.9. The van der Waals surface area contributed by atoms with Crippen LogP contribution in [-0.4, -0.2) is 89.6 Å². The van der Waals surface area contributed by atoms with E-state index in [1.54, 1.807) is 0 Å². The lowest BCUT2D eigenvalue weighted by Gasteiger charge is -2.39. The lowest BCUT2D eigenvalue weighted by atomic mass is 9.99. The third-order valence-corrected chi connectivity index (χ3v) is 10.6. The SMILES string of the molecule is CCCCCCC/C=C\C/C=C\C/C=C\CCCCCCCCCCCOCC(COC1OC(CO)C(O)C(O)C1O)OC(=O)CCCCCCCCCCC. The zero-order valence-corrected chi connectivity index (χ0v) is 35.9. The van der Waals surface area contributed by atoms with Gasteiger partial charge in [0.2, 0.25) is 0 Å². The van der Waals surface area contributed by atoms with Crippen LogP contribution in [-0.2, 0) is 23.7 Å². The summed E-state index contributed by atoms with van der Waals surface area (Å²) in [7, 11) is 0. The van der Waals surface area contributed by atoms with E-state index in [0.717, 1.165) is 44.9 Å². The molecule has 328 valence electrons. The summed E-state index contributed by atoms with van der Waals surface area (Å²) in [6.07, 6.45) is 39.0. The van der Waals surface area contributed by atoms with Crippen molar-refractivity contribution >= 4 is 5.97 Å². The van der Waals surface area contributed by atoms with Crippen LogP contribution >= 0.6 is 0 Å². The number of carbonyl (C=O) groups is 1. The number of unbranched alkanes of at least 4 members (excludes halogenated alkanes) is 22. The molecule has 0 amide bonds. The number of aliphatic hydroxyl groups is 4. The van der Waals surface area contributed by atoms with E-state index >= 15 is 0 Å². The Kier molecular flexibility index (Phi) is 36.4. The zero-order chi connectivity index (χ0) is 40.7. The standard InChI is InChI=1S/C47H86O9/c1-3-5-7-9-11-13-14-15-16-17-18-19-20-21-22-23-24-25-26-27-29-31-33-35-37-53-39-41(40-54-47-46(52)45(51)44(50)42(38-48)56-47)55-43(49)36-34-32-30-28-12-10-8-6-4-2/h14-15,17-18,20-21,41-42,44-48,50-52H,3-13,16,19,22-40H2,1-2H3/b15-14-,18-17-,21-20-. The number of allylic oxidation sites excluding steroid dienone is 6. The van der Waals surface area contributed by atoms with Gasteiger partial charge in [0.15, 0.2) is 6.29 Å². The van der Waals surface area contributed by atoms with Gasteiger partial charge in [-0.1, -0.05) is 172 Å². The largest absolute Gasteiger partial charge is 0.457 e. The van der Waals surface area contributed by atoms with Gasteiger partial charge >= 0.3 is 5.97 Å². The van der Waals surface area contributed by atoms with Gasteiger partial charge in [0, 0.05) is 13.0 Å². The van der Waals surface area contributed by atoms with E-state index in [-0.39, 0.29) is 19.2 Å². The number of hydrogen-bond acceptors (Lipinski definition) is 9. The predicted molar refractivity (Wildman–Crippen MR) is 228 cm³/mol. The Morgan fingerprint density at radius 3 is 1.55 bits per heavy atom. The molecular formula is C47H86O9. The third-order valence-electron chi connectivity index (χ3n) is 10.6. The van der Waals surface area contributed by atoms with Crippen LogP contribution in [0.3, 0.4) is 0 Å². The molecule has 0 bridgehead atoms. The average Bonchev–Trinajstić information content (AvgIpc) is 3.20. The highest BCUT2D eigenvalue weighted by Crippen LogP contribution is 2.22. The fraction of sp³-hybridized carbons (Fsp3) is 0.851. The molecule has 1 aliphatic heterocycles. The average molecular weight is 795 g/mol. The second kappa shape index (κ2) is 38.9. The van der Waals surface area contributed by atoms with Gasteiger partial charge in [0.05, 0.1) is 19.8 Å². The molecule has 1 heterocycles. The highest BCUT2D eigenvalue weighted by molar-refractivity contribution is 5.69. The number of ether oxygens (including phenoxy) is 4. The number of aliphatic hydroxyl groups excluding tert-OH is 4. The van der Waals surface area contributed by atoms with E-state index in [9.17, 15) is 25.2 Å². The van der Waals surface area contributed by atoms with Crippen LogP contribution in [0.25, 0.3) is 0 Å². The Hall–Kier alpha value is -1.59. The molecule has 1 aliphatic rings. The Bertz CT molecular complexity index is 952. The first-order chi connectivity index (χ1) is 27.4. The molecule has 0 saturated carbocycles. The Morgan fingerprint density at radius 1 is 0.571 bits per heavy atom. The molecule has 9 nitrogen and oxygen atoms in total. The summed E-state index contributed by atoms with van der Waals surface area (Å²) in [5.41, 5.74) is 0. The molecule has 0 aromatic rings. The van der Waals surface area contributed by atoms with Crippen LogP contribution < -0.4 is 0 Å². The maximum atomic E-state index is 12.7. The van der Waals surface area contributed by atoms with Crippen LogP contribution in [0.15, 0.2) is 36.5 Å². The van der Waals surface area contributed by atoms with Gasteiger partial charge in [-0.15, -0.1) is 0 Å². The van der Waals surface area contributed by atoms with Gasteiger partial charge < -0.3 is 39.4 Å². The van der Waals surface area contributed by atoms with Crippen LogP contribution in [0.1, 0.15) is 194 Å². The molecule has 6 atom stereocenters. The Morgan fingerprint density at radius 2 is 1.04 bits per heavy atom. The van der Waals surface area contributed by atoms with Crippen molar-refractivity contribution in [3.8, 4) is 0 Å². The number of carbonyl (C=O) groups excluding carboxylic acids is 1. The lowest BCUT2D eigenvalue weighted by Crippen LogP contribution is -2.59. The summed E-state index contributed by atoms with van der Waals surface area (Å²) in [5.74, 6) is -0.319. The second-order valence-corrected chi connectivity index (χ2v) is 15.9. The van der Waals surface area contributed by atoms with Crippen LogP contribution in [0.2, 0.25) is 0 Å². The Balaban J connectivity index is 2.18. The van der Waals surface area contributed by atoms with Gasteiger partial charge in [-0.25, -0.2) is 0 Å². The maximum absolute atomic E-state index is 12.7. The van der Waals surface area contributed by atoms with E-state index in [4.69, 9.17) is 18.9 Å². The molecule has 4 N–H and O–H groups in total. The molecular weight excluding hydrogens is 709 g/mol. The molecule has 1 fully saturated rings. The quantitative estimate of drug-likeness (QED) is 0.0272. The fourth-order valence-corrected chi connectivity index (χ4v) is 6.91. The summed E-state index contributed by atoms with van der Waals surface area (Å²) in [6.45, 7) is 4.52. The van der Waals surface area contributed by atoms with Gasteiger partial charge in [-0.05, 0) is 51.4 Å². The smallest absolute Gasteiger partial charge is 0.306 e. The van der Waals surface area contributed by atoms with E-state index in [0.29, 0.717) is 13.0 Å². The number of esters is 1. The van der Waals surface area contributed by atoms with Gasteiger partial charge in [0.25, 0.3) is 0 Å². The van der Waals surface area contributed by atoms with Crippen molar-refractivity contribution in [2.24, 2.45) is 0 Å². The van der Waals surface area contributed by atoms with Crippen LogP contribution in [0, 0.1) is 0 Å². The minimum atomic E-state index is -1.53. The van der Waals surface area contributed by atoms with E-state index < -0.39 is 43.4 Å². The molecule has 1 saturated heterocycles. The molecule has 0 aromatic heterocycles. The van der Waals surface area contributed by atoms with Crippen molar-refractivity contribution in [3.05, 3.63) is 36.5 Å². The van der Waals surface area contributed by atoms with Crippen molar-refractivity contribution in [2.75, 3.05) is 26.4 Å². The highest BCUT2D eigenvalue weighted by Gasteiger charge is 2.44. The topological polar surface area (TPSA) is 135 Å². The van der Waals surface area contributed by atoms with E-state index in [2.05, 4.69) is 50.3 Å². The molecule has 6 unspecified atom stereocenters. The van der Waals surface area contributed by atoms with Crippen molar-refractivity contribution < 1.29 is 44.2 Å². The van der Waals surface area contributed by atoms with Crippen molar-refractivity contribution in [2.45, 2.75) is 230 Å². The minimum absolute atomic E-state index is 0.114. The minimum Gasteiger partial charge on any atom is -0.457 e. The molecule has 1 rings (SSSR count). The molecule has 56 heavy (non-hydrogen) atoms. The second-order valence-electron chi connectivity index (χ2n) is 15.9. The summed E-state index contributed by atoms with van der Waals surface area (Å²) in [5, 5.41) is 40.0. The highest BCUT2D eigenvalue weighted by atomic mass is 16.7. The maximum Gasteiger partial charge on any atom is 0.306 e. The van der Waals surface area contributed by atoms with Crippen molar-refractivity contribution in [3.63, 3.8) is 0 Å². The lowest BCUT2D eigenvalue weighted by molar-refractivity contribution is -0.305.